The number of fused-ring (bicyclic) bond motifs is 2. The predicted octanol–water partition coefficient (Wildman–Crippen LogP) is 2.23. The van der Waals surface area contributed by atoms with Crippen LogP contribution in [0, 0.1) is 16.7 Å². The topological polar surface area (TPSA) is 38.7 Å². The fourth-order valence-corrected chi connectivity index (χ4v) is 3.80. The quantitative estimate of drug-likeness (QED) is 0.726. The highest BCUT2D eigenvalue weighted by atomic mass is 16.5. The number of aliphatic hydroxyl groups excluding tert-OH is 1. The zero-order valence-corrected chi connectivity index (χ0v) is 11.4. The third kappa shape index (κ3) is 2.13. The van der Waals surface area contributed by atoms with Crippen molar-refractivity contribution in [2.45, 2.75) is 46.1 Å². The van der Waals surface area contributed by atoms with E-state index in [9.17, 15) is 0 Å². The fraction of sp³-hybridized carbons (Fsp3) is 1.00. The molecule has 0 radical (unpaired) electrons. The molecule has 3 atom stereocenters. The van der Waals surface area contributed by atoms with Crippen molar-refractivity contribution in [2.24, 2.45) is 16.7 Å². The molecule has 0 spiro atoms. The number of rotatable bonds is 6. The Kier molecular flexibility index (Phi) is 3.81. The molecule has 2 rings (SSSR count). The van der Waals surface area contributed by atoms with Crippen LogP contribution < -0.4 is 0 Å². The molecule has 2 saturated carbocycles. The lowest BCUT2D eigenvalue weighted by Crippen LogP contribution is -2.37. The van der Waals surface area contributed by atoms with Gasteiger partial charge in [-0.15, -0.1) is 0 Å². The Bertz CT molecular complexity index is 264. The van der Waals surface area contributed by atoms with Crippen LogP contribution in [0.15, 0.2) is 0 Å². The highest BCUT2D eigenvalue weighted by Crippen LogP contribution is 2.66. The third-order valence-electron chi connectivity index (χ3n) is 5.50. The minimum absolute atomic E-state index is 0.0935. The number of hydrogen-bond donors (Lipinski definition) is 1. The smallest absolute Gasteiger partial charge is 0.0704 e. The van der Waals surface area contributed by atoms with E-state index in [0.717, 1.165) is 5.92 Å². The van der Waals surface area contributed by atoms with E-state index in [-0.39, 0.29) is 6.61 Å². The Morgan fingerprint density at radius 3 is 2.47 bits per heavy atom. The van der Waals surface area contributed by atoms with Crippen LogP contribution in [0.25, 0.3) is 0 Å². The average molecular weight is 242 g/mol. The van der Waals surface area contributed by atoms with Crippen LogP contribution in [0.3, 0.4) is 0 Å². The van der Waals surface area contributed by atoms with E-state index < -0.39 is 0 Å². The molecule has 0 saturated heterocycles. The summed E-state index contributed by atoms with van der Waals surface area (Å²) in [7, 11) is 0. The normalized spacial score (nSPS) is 38.8. The van der Waals surface area contributed by atoms with Gasteiger partial charge in [0, 0.05) is 0 Å². The predicted molar refractivity (Wildman–Crippen MR) is 66.9 cm³/mol. The molecule has 2 fully saturated rings. The first-order valence-corrected chi connectivity index (χ1v) is 6.82. The highest BCUT2D eigenvalue weighted by Gasteiger charge is 2.61. The molecule has 2 bridgehead atoms. The number of ether oxygens (including phenoxy) is 2. The maximum absolute atomic E-state index is 8.61. The van der Waals surface area contributed by atoms with Crippen molar-refractivity contribution in [3.63, 3.8) is 0 Å². The minimum Gasteiger partial charge on any atom is -0.394 e. The van der Waals surface area contributed by atoms with Crippen LogP contribution in [0.4, 0.5) is 0 Å². The summed E-state index contributed by atoms with van der Waals surface area (Å²) < 4.78 is 11.2. The van der Waals surface area contributed by atoms with Gasteiger partial charge >= 0.3 is 0 Å². The summed E-state index contributed by atoms with van der Waals surface area (Å²) in [6, 6.07) is 0. The molecule has 0 unspecified atom stereocenters. The summed E-state index contributed by atoms with van der Waals surface area (Å²) >= 11 is 0. The van der Waals surface area contributed by atoms with Crippen LogP contribution in [0.1, 0.15) is 40.0 Å². The monoisotopic (exact) mass is 242 g/mol. The summed E-state index contributed by atoms with van der Waals surface area (Å²) in [6.45, 7) is 8.95. The number of aliphatic hydroxyl groups is 1. The van der Waals surface area contributed by atoms with E-state index in [1.807, 2.05) is 0 Å². The van der Waals surface area contributed by atoms with E-state index in [1.54, 1.807) is 0 Å². The maximum atomic E-state index is 8.61. The molecule has 100 valence electrons. The Hall–Kier alpha value is -0.120. The first-order chi connectivity index (χ1) is 8.02. The molecule has 0 aromatic carbocycles. The first-order valence-electron chi connectivity index (χ1n) is 6.82. The van der Waals surface area contributed by atoms with Crippen molar-refractivity contribution < 1.29 is 14.6 Å². The average Bonchev–Trinajstić information content (AvgIpc) is 2.61. The Morgan fingerprint density at radius 2 is 1.94 bits per heavy atom. The summed E-state index contributed by atoms with van der Waals surface area (Å²) in [5.41, 5.74) is 0.762. The largest absolute Gasteiger partial charge is 0.394 e. The van der Waals surface area contributed by atoms with Gasteiger partial charge in [-0.3, -0.25) is 0 Å². The zero-order valence-electron chi connectivity index (χ0n) is 11.4. The van der Waals surface area contributed by atoms with Gasteiger partial charge < -0.3 is 14.6 Å². The van der Waals surface area contributed by atoms with E-state index in [4.69, 9.17) is 14.6 Å². The second-order valence-corrected chi connectivity index (χ2v) is 6.31. The Morgan fingerprint density at radius 1 is 1.18 bits per heavy atom. The molecule has 2 aliphatic rings. The second-order valence-electron chi connectivity index (χ2n) is 6.31. The summed E-state index contributed by atoms with van der Waals surface area (Å²) in [5, 5.41) is 8.61. The van der Waals surface area contributed by atoms with Gasteiger partial charge in [0.25, 0.3) is 0 Å². The van der Waals surface area contributed by atoms with Crippen LogP contribution >= 0.6 is 0 Å². The lowest BCUT2D eigenvalue weighted by atomic mass is 9.70. The van der Waals surface area contributed by atoms with E-state index in [1.165, 1.54) is 19.3 Å². The summed E-state index contributed by atoms with van der Waals surface area (Å²) in [6.07, 6.45) is 4.27. The standard InChI is InChI=1S/C14H26O3/c1-13(2)11-4-5-14(13,3)12(10-11)17-9-8-16-7-6-15/h11-12,15H,4-10H2,1-3H3/t11-,12-,14+/m0/s1. The van der Waals surface area contributed by atoms with Crippen LogP contribution in [0.5, 0.6) is 0 Å². The van der Waals surface area contributed by atoms with Crippen molar-refractivity contribution in [3.8, 4) is 0 Å². The van der Waals surface area contributed by atoms with Gasteiger partial charge in [-0.25, -0.2) is 0 Å². The molecule has 3 nitrogen and oxygen atoms in total. The van der Waals surface area contributed by atoms with Gasteiger partial charge in [0.15, 0.2) is 0 Å². The molecule has 0 aromatic rings. The maximum Gasteiger partial charge on any atom is 0.0704 e. The SMILES string of the molecule is CC1(C)[C@H]2CC[C@]1(C)[C@@H](OCCOCCO)C2. The molecular weight excluding hydrogens is 216 g/mol. The molecule has 0 heterocycles. The molecule has 0 amide bonds. The van der Waals surface area contributed by atoms with Crippen molar-refractivity contribution in [1.82, 2.24) is 0 Å². The lowest BCUT2D eigenvalue weighted by molar-refractivity contribution is -0.0662. The summed E-state index contributed by atoms with van der Waals surface area (Å²) in [5.74, 6) is 0.830. The zero-order chi connectivity index (χ0) is 12.5. The van der Waals surface area contributed by atoms with E-state index in [0.29, 0.717) is 36.8 Å². The molecule has 17 heavy (non-hydrogen) atoms. The van der Waals surface area contributed by atoms with Gasteiger partial charge in [0.2, 0.25) is 0 Å². The molecule has 1 N–H and O–H groups in total. The minimum atomic E-state index is 0.0935. The Balaban J connectivity index is 1.80. The Labute approximate surface area is 104 Å². The molecular formula is C14H26O3. The number of hydrogen-bond acceptors (Lipinski definition) is 3. The van der Waals surface area contributed by atoms with Crippen molar-refractivity contribution in [3.05, 3.63) is 0 Å². The molecule has 2 aliphatic carbocycles. The van der Waals surface area contributed by atoms with Crippen molar-refractivity contribution in [2.75, 3.05) is 26.4 Å². The van der Waals surface area contributed by atoms with Gasteiger partial charge in [-0.1, -0.05) is 20.8 Å². The van der Waals surface area contributed by atoms with Crippen molar-refractivity contribution in [1.29, 1.82) is 0 Å². The van der Waals surface area contributed by atoms with Gasteiger partial charge in [-0.2, -0.15) is 0 Å². The first kappa shape index (κ1) is 13.3. The van der Waals surface area contributed by atoms with Crippen LogP contribution in [0.2, 0.25) is 0 Å². The highest BCUT2D eigenvalue weighted by molar-refractivity contribution is 5.11. The molecule has 0 aromatic heterocycles. The molecule has 3 heteroatoms. The fourth-order valence-electron chi connectivity index (χ4n) is 3.80. The van der Waals surface area contributed by atoms with Gasteiger partial charge in [0.05, 0.1) is 32.5 Å². The van der Waals surface area contributed by atoms with Crippen LogP contribution in [-0.2, 0) is 9.47 Å². The van der Waals surface area contributed by atoms with E-state index >= 15 is 0 Å². The van der Waals surface area contributed by atoms with Gasteiger partial charge in [0.1, 0.15) is 0 Å². The molecule has 0 aliphatic heterocycles. The lowest BCUT2D eigenvalue weighted by Gasteiger charge is -2.38. The summed E-state index contributed by atoms with van der Waals surface area (Å²) in [4.78, 5) is 0. The third-order valence-corrected chi connectivity index (χ3v) is 5.50. The second kappa shape index (κ2) is 4.87. The van der Waals surface area contributed by atoms with Gasteiger partial charge in [-0.05, 0) is 36.0 Å². The van der Waals surface area contributed by atoms with Crippen LogP contribution in [-0.4, -0.2) is 37.6 Å². The van der Waals surface area contributed by atoms with Crippen molar-refractivity contribution >= 4 is 0 Å². The van der Waals surface area contributed by atoms with E-state index in [2.05, 4.69) is 20.8 Å².